The van der Waals surface area contributed by atoms with Crippen LogP contribution in [0.2, 0.25) is 0 Å². The Hall–Kier alpha value is -4.68. The third-order valence-electron chi connectivity index (χ3n) is 9.69. The van der Waals surface area contributed by atoms with E-state index in [2.05, 4.69) is 178 Å². The van der Waals surface area contributed by atoms with Crippen LogP contribution in [0, 0.1) is 0 Å². The Bertz CT molecular complexity index is 2190. The highest BCUT2D eigenvalue weighted by Gasteiger charge is 2.51. The number of hydrogen-bond acceptors (Lipinski definition) is 4. The second-order valence-corrected chi connectivity index (χ2v) is 14.3. The molecule has 5 heteroatoms. The minimum Gasteiger partial charge on any atom is -0.399 e. The highest BCUT2D eigenvalue weighted by Crippen LogP contribution is 2.46. The summed E-state index contributed by atoms with van der Waals surface area (Å²) in [6.07, 6.45) is 0. The molecule has 1 saturated heterocycles. The van der Waals surface area contributed by atoms with Crippen molar-refractivity contribution in [2.24, 2.45) is 0 Å². The minimum absolute atomic E-state index is 0.404. The smallest absolute Gasteiger partial charge is 0.399 e. The van der Waals surface area contributed by atoms with Crippen molar-refractivity contribution in [3.05, 3.63) is 146 Å². The molecule has 0 N–H and O–H groups in total. The standard InChI is InChI=1S/C42H36BNO2S/c1-41(2)42(3,4)46-43(45-41)32-17-13-16-31(26-32)37-27-35(28-38-36-20-11-12-21-39(36)47-40(37)38)44(33-18-9-6-10-19-33)34-24-22-30(23-25-34)29-14-7-5-8-15-29/h5-28H,1-4H3. The van der Waals surface area contributed by atoms with E-state index in [1.165, 1.54) is 36.9 Å². The fraction of sp³-hybridized carbons (Fsp3) is 0.143. The number of nitrogens with zero attached hydrogens (tertiary/aromatic N) is 1. The van der Waals surface area contributed by atoms with Gasteiger partial charge in [0, 0.05) is 42.8 Å². The first kappa shape index (κ1) is 29.7. The van der Waals surface area contributed by atoms with E-state index in [1.54, 1.807) is 0 Å². The van der Waals surface area contributed by atoms with E-state index in [-0.39, 0.29) is 0 Å². The molecular weight excluding hydrogens is 593 g/mol. The van der Waals surface area contributed by atoms with Crippen LogP contribution < -0.4 is 10.4 Å². The summed E-state index contributed by atoms with van der Waals surface area (Å²) in [7, 11) is -0.426. The SMILES string of the molecule is CC1(C)OB(c2cccc(-c3cc(N(c4ccccc4)c4ccc(-c5ccccc5)cc4)cc4c3sc3ccccc34)c2)OC1(C)C. The number of anilines is 3. The van der Waals surface area contributed by atoms with E-state index in [0.29, 0.717) is 0 Å². The third kappa shape index (κ3) is 5.35. The summed E-state index contributed by atoms with van der Waals surface area (Å²) in [5, 5.41) is 2.52. The predicted octanol–water partition coefficient (Wildman–Crippen LogP) is 11.2. The average Bonchev–Trinajstić information content (AvgIpc) is 3.58. The van der Waals surface area contributed by atoms with Crippen LogP contribution in [-0.4, -0.2) is 18.3 Å². The van der Waals surface area contributed by atoms with Crippen molar-refractivity contribution in [3.8, 4) is 22.3 Å². The average molecular weight is 630 g/mol. The van der Waals surface area contributed by atoms with Crippen LogP contribution in [0.1, 0.15) is 27.7 Å². The normalized spacial score (nSPS) is 15.4. The maximum atomic E-state index is 6.47. The molecule has 230 valence electrons. The quantitative estimate of drug-likeness (QED) is 0.171. The Kier molecular flexibility index (Phi) is 7.29. The van der Waals surface area contributed by atoms with Gasteiger partial charge < -0.3 is 14.2 Å². The summed E-state index contributed by atoms with van der Waals surface area (Å²) in [6.45, 7) is 8.41. The van der Waals surface area contributed by atoms with Gasteiger partial charge in [0.15, 0.2) is 0 Å². The summed E-state index contributed by atoms with van der Waals surface area (Å²) in [5.74, 6) is 0. The van der Waals surface area contributed by atoms with Crippen LogP contribution in [0.3, 0.4) is 0 Å². The van der Waals surface area contributed by atoms with Crippen molar-refractivity contribution in [3.63, 3.8) is 0 Å². The molecule has 1 aromatic heterocycles. The number of benzene rings is 6. The van der Waals surface area contributed by atoms with E-state index in [9.17, 15) is 0 Å². The molecule has 7 aromatic rings. The maximum Gasteiger partial charge on any atom is 0.494 e. The summed E-state index contributed by atoms with van der Waals surface area (Å²) in [4.78, 5) is 2.36. The number of rotatable bonds is 6. The lowest BCUT2D eigenvalue weighted by Gasteiger charge is -2.32. The van der Waals surface area contributed by atoms with Crippen LogP contribution in [0.4, 0.5) is 17.1 Å². The van der Waals surface area contributed by atoms with Gasteiger partial charge in [-0.3, -0.25) is 0 Å². The van der Waals surface area contributed by atoms with E-state index >= 15 is 0 Å². The fourth-order valence-electron chi connectivity index (χ4n) is 6.45. The summed E-state index contributed by atoms with van der Waals surface area (Å²) in [6, 6.07) is 52.2. The molecule has 8 rings (SSSR count). The maximum absolute atomic E-state index is 6.47. The second-order valence-electron chi connectivity index (χ2n) is 13.3. The molecule has 0 amide bonds. The van der Waals surface area contributed by atoms with Crippen molar-refractivity contribution >= 4 is 61.2 Å². The molecule has 0 spiro atoms. The highest BCUT2D eigenvalue weighted by atomic mass is 32.1. The predicted molar refractivity (Wildman–Crippen MR) is 201 cm³/mol. The lowest BCUT2D eigenvalue weighted by molar-refractivity contribution is 0.00578. The Balaban J connectivity index is 1.31. The summed E-state index contributed by atoms with van der Waals surface area (Å²) in [5.41, 5.74) is 8.27. The van der Waals surface area contributed by atoms with Gasteiger partial charge in [-0.15, -0.1) is 11.3 Å². The highest BCUT2D eigenvalue weighted by molar-refractivity contribution is 7.26. The zero-order valence-corrected chi connectivity index (χ0v) is 27.9. The van der Waals surface area contributed by atoms with Gasteiger partial charge in [0.25, 0.3) is 0 Å². The van der Waals surface area contributed by atoms with E-state index in [4.69, 9.17) is 9.31 Å². The van der Waals surface area contributed by atoms with Gasteiger partial charge in [-0.2, -0.15) is 0 Å². The topological polar surface area (TPSA) is 21.7 Å². The van der Waals surface area contributed by atoms with Gasteiger partial charge in [0.05, 0.1) is 11.2 Å². The Morgan fingerprint density at radius 3 is 1.83 bits per heavy atom. The first-order valence-electron chi connectivity index (χ1n) is 16.2. The van der Waals surface area contributed by atoms with Crippen molar-refractivity contribution in [2.45, 2.75) is 38.9 Å². The Morgan fingerprint density at radius 1 is 0.511 bits per heavy atom. The number of para-hydroxylation sites is 1. The van der Waals surface area contributed by atoms with Crippen molar-refractivity contribution in [1.29, 1.82) is 0 Å². The summed E-state index contributed by atoms with van der Waals surface area (Å²) >= 11 is 1.85. The minimum atomic E-state index is -0.426. The van der Waals surface area contributed by atoms with E-state index in [1.807, 2.05) is 11.3 Å². The van der Waals surface area contributed by atoms with Crippen LogP contribution in [0.25, 0.3) is 42.4 Å². The monoisotopic (exact) mass is 629 g/mol. The molecule has 47 heavy (non-hydrogen) atoms. The van der Waals surface area contributed by atoms with Crippen LogP contribution in [0.5, 0.6) is 0 Å². The largest absolute Gasteiger partial charge is 0.494 e. The van der Waals surface area contributed by atoms with E-state index in [0.717, 1.165) is 28.1 Å². The van der Waals surface area contributed by atoms with Crippen LogP contribution in [-0.2, 0) is 9.31 Å². The van der Waals surface area contributed by atoms with Gasteiger partial charge in [0.1, 0.15) is 0 Å². The van der Waals surface area contributed by atoms with Crippen molar-refractivity contribution < 1.29 is 9.31 Å². The van der Waals surface area contributed by atoms with E-state index < -0.39 is 18.3 Å². The molecule has 6 aromatic carbocycles. The van der Waals surface area contributed by atoms with Gasteiger partial charge in [-0.05, 0) is 92.3 Å². The first-order valence-corrected chi connectivity index (χ1v) is 17.0. The molecule has 0 atom stereocenters. The lowest BCUT2D eigenvalue weighted by Crippen LogP contribution is -2.41. The molecule has 0 radical (unpaired) electrons. The Labute approximate surface area is 281 Å². The van der Waals surface area contributed by atoms with Gasteiger partial charge in [-0.25, -0.2) is 0 Å². The molecular formula is C42H36BNO2S. The van der Waals surface area contributed by atoms with Crippen molar-refractivity contribution in [1.82, 2.24) is 0 Å². The zero-order valence-electron chi connectivity index (χ0n) is 27.1. The number of hydrogen-bond donors (Lipinski definition) is 0. The zero-order chi connectivity index (χ0) is 32.2. The molecule has 1 aliphatic heterocycles. The molecule has 0 aliphatic carbocycles. The van der Waals surface area contributed by atoms with Crippen LogP contribution >= 0.6 is 11.3 Å². The van der Waals surface area contributed by atoms with Gasteiger partial charge in [0.2, 0.25) is 0 Å². The van der Waals surface area contributed by atoms with Crippen LogP contribution in [0.15, 0.2) is 146 Å². The lowest BCUT2D eigenvalue weighted by atomic mass is 9.78. The van der Waals surface area contributed by atoms with Gasteiger partial charge in [-0.1, -0.05) is 103 Å². The summed E-state index contributed by atoms with van der Waals surface area (Å²) < 4.78 is 15.5. The molecule has 0 unspecified atom stereocenters. The third-order valence-corrected chi connectivity index (χ3v) is 10.9. The number of fused-ring (bicyclic) bond motifs is 3. The molecule has 0 saturated carbocycles. The second kappa shape index (κ2) is 11.5. The fourth-order valence-corrected chi connectivity index (χ4v) is 7.67. The molecule has 0 bridgehead atoms. The van der Waals surface area contributed by atoms with Gasteiger partial charge >= 0.3 is 7.12 Å². The first-order chi connectivity index (χ1) is 22.8. The molecule has 3 nitrogen and oxygen atoms in total. The Morgan fingerprint density at radius 2 is 1.11 bits per heavy atom. The van der Waals surface area contributed by atoms with Crippen molar-refractivity contribution in [2.75, 3.05) is 4.90 Å². The molecule has 1 aliphatic rings. The number of thiophene rings is 1. The molecule has 2 heterocycles. The molecule has 1 fully saturated rings.